The van der Waals surface area contributed by atoms with Gasteiger partial charge in [-0.25, -0.2) is 0 Å². The number of esters is 1. The zero-order chi connectivity index (χ0) is 13.5. The van der Waals surface area contributed by atoms with Crippen LogP contribution >= 0.6 is 11.8 Å². The summed E-state index contributed by atoms with van der Waals surface area (Å²) >= 11 is 0.809. The lowest BCUT2D eigenvalue weighted by Gasteiger charge is -2.01. The molecular weight excluding hydrogens is 258 g/mol. The molecule has 0 radical (unpaired) electrons. The zero-order valence-electron chi connectivity index (χ0n) is 9.62. The molecule has 0 N–H and O–H groups in total. The minimum atomic E-state index is -0.542. The van der Waals surface area contributed by atoms with E-state index in [0.29, 0.717) is 5.56 Å². The van der Waals surface area contributed by atoms with Crippen LogP contribution in [0.25, 0.3) is 0 Å². The molecule has 0 unspecified atom stereocenters. The second-order valence-corrected chi connectivity index (χ2v) is 4.13. The number of non-ortho nitro benzene ring substituents is 1. The average Bonchev–Trinajstić information content (AvgIpc) is 2.36. The summed E-state index contributed by atoms with van der Waals surface area (Å²) in [4.78, 5) is 32.5. The van der Waals surface area contributed by atoms with Gasteiger partial charge in [0.15, 0.2) is 0 Å². The maximum absolute atomic E-state index is 11.6. The molecule has 0 aliphatic heterocycles. The Bertz CT molecular complexity index is 457. The number of hydrogen-bond donors (Lipinski definition) is 0. The molecular formula is C11H11NO5S. The van der Waals surface area contributed by atoms with Crippen LogP contribution in [0.1, 0.15) is 17.3 Å². The summed E-state index contributed by atoms with van der Waals surface area (Å²) in [6.45, 7) is 1.95. The number of nitrogens with zero attached hydrogens (tertiary/aromatic N) is 1. The van der Waals surface area contributed by atoms with Gasteiger partial charge in [0.25, 0.3) is 5.69 Å². The van der Waals surface area contributed by atoms with Crippen LogP contribution in [0.4, 0.5) is 5.69 Å². The zero-order valence-corrected chi connectivity index (χ0v) is 10.4. The lowest BCUT2D eigenvalue weighted by Crippen LogP contribution is -2.08. The molecule has 0 fully saturated rings. The molecule has 18 heavy (non-hydrogen) atoms. The Morgan fingerprint density at radius 1 is 1.33 bits per heavy atom. The summed E-state index contributed by atoms with van der Waals surface area (Å²) in [5, 5.41) is 10.1. The first-order valence-corrected chi connectivity index (χ1v) is 6.10. The van der Waals surface area contributed by atoms with Crippen molar-refractivity contribution in [2.45, 2.75) is 6.92 Å². The molecule has 1 rings (SSSR count). The molecule has 0 atom stereocenters. The number of carbonyl (C=O) groups excluding carboxylic acids is 2. The van der Waals surface area contributed by atoms with E-state index in [1.807, 2.05) is 0 Å². The molecule has 0 saturated heterocycles. The highest BCUT2D eigenvalue weighted by Gasteiger charge is 2.12. The first kappa shape index (κ1) is 14.2. The third-order valence-corrected chi connectivity index (χ3v) is 2.82. The van der Waals surface area contributed by atoms with E-state index >= 15 is 0 Å². The van der Waals surface area contributed by atoms with Crippen molar-refractivity contribution in [2.24, 2.45) is 0 Å². The molecule has 0 aromatic heterocycles. The standard InChI is InChI=1S/C11H11NO5S/c1-2-17-10(13)7-18-11(14)8-3-5-9(6-4-8)12(15)16/h3-6H,2,7H2,1H3. The van der Waals surface area contributed by atoms with E-state index in [1.165, 1.54) is 24.3 Å². The smallest absolute Gasteiger partial charge is 0.316 e. The molecule has 96 valence electrons. The number of ether oxygens (including phenoxy) is 1. The fraction of sp³-hybridized carbons (Fsp3) is 0.273. The van der Waals surface area contributed by atoms with Gasteiger partial charge in [0, 0.05) is 17.7 Å². The number of nitro groups is 1. The summed E-state index contributed by atoms with van der Waals surface area (Å²) in [7, 11) is 0. The van der Waals surface area contributed by atoms with Gasteiger partial charge in [0.05, 0.1) is 17.3 Å². The van der Waals surface area contributed by atoms with Crippen LogP contribution in [0.5, 0.6) is 0 Å². The topological polar surface area (TPSA) is 86.5 Å². The average molecular weight is 269 g/mol. The molecule has 0 aliphatic rings. The van der Waals surface area contributed by atoms with Crippen molar-refractivity contribution in [3.05, 3.63) is 39.9 Å². The first-order chi connectivity index (χ1) is 8.54. The predicted octanol–water partition coefficient (Wildman–Crippen LogP) is 2.03. The molecule has 0 aliphatic carbocycles. The van der Waals surface area contributed by atoms with Crippen molar-refractivity contribution in [1.82, 2.24) is 0 Å². The Balaban J connectivity index is 2.56. The Labute approximate surface area is 107 Å². The van der Waals surface area contributed by atoms with Crippen molar-refractivity contribution < 1.29 is 19.2 Å². The number of hydrogen-bond acceptors (Lipinski definition) is 6. The Kier molecular flexibility index (Phi) is 5.31. The van der Waals surface area contributed by atoms with Crippen molar-refractivity contribution in [1.29, 1.82) is 0 Å². The quantitative estimate of drug-likeness (QED) is 0.462. The number of thioether (sulfide) groups is 1. The van der Waals surface area contributed by atoms with E-state index in [-0.39, 0.29) is 23.2 Å². The van der Waals surface area contributed by atoms with Crippen molar-refractivity contribution >= 4 is 28.5 Å². The van der Waals surface area contributed by atoms with Crippen LogP contribution in [-0.4, -0.2) is 28.4 Å². The lowest BCUT2D eigenvalue weighted by atomic mass is 10.2. The highest BCUT2D eigenvalue weighted by atomic mass is 32.2. The maximum atomic E-state index is 11.6. The summed E-state index contributed by atoms with van der Waals surface area (Å²) in [5.41, 5.74) is 0.233. The Morgan fingerprint density at radius 2 is 1.94 bits per heavy atom. The fourth-order valence-electron chi connectivity index (χ4n) is 1.13. The van der Waals surface area contributed by atoms with Gasteiger partial charge in [-0.15, -0.1) is 0 Å². The van der Waals surface area contributed by atoms with Gasteiger partial charge < -0.3 is 4.74 Å². The van der Waals surface area contributed by atoms with Crippen molar-refractivity contribution in [3.63, 3.8) is 0 Å². The minimum Gasteiger partial charge on any atom is -0.465 e. The molecule has 0 bridgehead atoms. The summed E-state index contributed by atoms with van der Waals surface area (Å²) in [5.74, 6) is -0.526. The SMILES string of the molecule is CCOC(=O)CSC(=O)c1ccc([N+](=O)[O-])cc1. The molecule has 7 heteroatoms. The second kappa shape index (κ2) is 6.75. The van der Waals surface area contributed by atoms with Crippen LogP contribution in [0, 0.1) is 10.1 Å². The van der Waals surface area contributed by atoms with Crippen molar-refractivity contribution in [2.75, 3.05) is 12.4 Å². The fourth-order valence-corrected chi connectivity index (χ4v) is 1.76. The second-order valence-electron chi connectivity index (χ2n) is 3.19. The number of benzene rings is 1. The third-order valence-electron chi connectivity index (χ3n) is 1.94. The van der Waals surface area contributed by atoms with Crippen molar-refractivity contribution in [3.8, 4) is 0 Å². The van der Waals surface area contributed by atoms with E-state index in [4.69, 9.17) is 0 Å². The summed E-state index contributed by atoms with van der Waals surface area (Å²) < 4.78 is 4.68. The van der Waals surface area contributed by atoms with Gasteiger partial charge in [-0.3, -0.25) is 19.7 Å². The minimum absolute atomic E-state index is 0.0658. The normalized spacial score (nSPS) is 9.83. The Hall–Kier alpha value is -1.89. The van der Waals surface area contributed by atoms with E-state index in [0.717, 1.165) is 11.8 Å². The highest BCUT2D eigenvalue weighted by Crippen LogP contribution is 2.17. The molecule has 6 nitrogen and oxygen atoms in total. The van der Waals surface area contributed by atoms with E-state index < -0.39 is 10.9 Å². The van der Waals surface area contributed by atoms with Gasteiger partial charge in [0.2, 0.25) is 5.12 Å². The predicted molar refractivity (Wildman–Crippen MR) is 66.5 cm³/mol. The maximum Gasteiger partial charge on any atom is 0.316 e. The number of rotatable bonds is 5. The highest BCUT2D eigenvalue weighted by molar-refractivity contribution is 8.14. The van der Waals surface area contributed by atoms with Crippen LogP contribution in [0.2, 0.25) is 0 Å². The van der Waals surface area contributed by atoms with Crippen LogP contribution in [0.15, 0.2) is 24.3 Å². The Morgan fingerprint density at radius 3 is 2.44 bits per heavy atom. The van der Waals surface area contributed by atoms with Crippen LogP contribution < -0.4 is 0 Å². The molecule has 0 saturated carbocycles. The monoisotopic (exact) mass is 269 g/mol. The summed E-state index contributed by atoms with van der Waals surface area (Å²) in [6.07, 6.45) is 0. The molecule has 1 aromatic rings. The van der Waals surface area contributed by atoms with Gasteiger partial charge in [-0.05, 0) is 19.1 Å². The number of carbonyl (C=O) groups is 2. The molecule has 0 amide bonds. The van der Waals surface area contributed by atoms with Crippen LogP contribution in [-0.2, 0) is 9.53 Å². The van der Waals surface area contributed by atoms with E-state index in [2.05, 4.69) is 4.74 Å². The van der Waals surface area contributed by atoms with Gasteiger partial charge in [0.1, 0.15) is 0 Å². The molecule has 1 aromatic carbocycles. The number of nitro benzene ring substituents is 1. The van der Waals surface area contributed by atoms with Gasteiger partial charge in [-0.2, -0.15) is 0 Å². The summed E-state index contributed by atoms with van der Waals surface area (Å²) in [6, 6.07) is 5.22. The first-order valence-electron chi connectivity index (χ1n) is 5.11. The molecule has 0 heterocycles. The van der Waals surface area contributed by atoms with Gasteiger partial charge in [-0.1, -0.05) is 11.8 Å². The third kappa shape index (κ3) is 4.17. The van der Waals surface area contributed by atoms with Crippen LogP contribution in [0.3, 0.4) is 0 Å². The van der Waals surface area contributed by atoms with E-state index in [1.54, 1.807) is 6.92 Å². The van der Waals surface area contributed by atoms with Gasteiger partial charge >= 0.3 is 5.97 Å². The molecule has 0 spiro atoms. The largest absolute Gasteiger partial charge is 0.465 e. The van der Waals surface area contributed by atoms with E-state index in [9.17, 15) is 19.7 Å². The lowest BCUT2D eigenvalue weighted by molar-refractivity contribution is -0.384.